The molecule has 15 heavy (non-hydrogen) atoms. The molecule has 4 aliphatic rings. The standard InChI is InChI=1S/C12H20N2O/c15-12(10-2-1-3-10)13-11-8-14-6-4-9(11)5-7-14/h9-11H,1-8H2,(H,13,15). The molecule has 0 spiro atoms. The number of hydrogen-bond donors (Lipinski definition) is 1. The third-order valence-corrected chi connectivity index (χ3v) is 4.46. The van der Waals surface area contributed by atoms with E-state index in [-0.39, 0.29) is 0 Å². The molecule has 3 saturated heterocycles. The lowest BCUT2D eigenvalue weighted by Crippen LogP contribution is -2.58. The van der Waals surface area contributed by atoms with E-state index in [0.717, 1.165) is 25.3 Å². The van der Waals surface area contributed by atoms with Crippen LogP contribution in [0.2, 0.25) is 0 Å². The monoisotopic (exact) mass is 208 g/mol. The molecular weight excluding hydrogens is 188 g/mol. The van der Waals surface area contributed by atoms with Gasteiger partial charge in [0.2, 0.25) is 5.91 Å². The summed E-state index contributed by atoms with van der Waals surface area (Å²) in [5.74, 6) is 1.44. The van der Waals surface area contributed by atoms with Crippen LogP contribution in [-0.2, 0) is 4.79 Å². The summed E-state index contributed by atoms with van der Waals surface area (Å²) in [5.41, 5.74) is 0. The molecule has 3 heteroatoms. The maximum absolute atomic E-state index is 11.8. The maximum atomic E-state index is 11.8. The lowest BCUT2D eigenvalue weighted by Gasteiger charge is -2.45. The van der Waals surface area contributed by atoms with Crippen LogP contribution in [0.25, 0.3) is 0 Å². The SMILES string of the molecule is O=C(NC1CN2CCC1CC2)C1CCC1. The van der Waals surface area contributed by atoms with E-state index in [1.54, 1.807) is 0 Å². The lowest BCUT2D eigenvalue weighted by atomic mass is 9.81. The van der Waals surface area contributed by atoms with Crippen molar-refractivity contribution in [1.29, 1.82) is 0 Å². The fraction of sp³-hybridized carbons (Fsp3) is 0.917. The van der Waals surface area contributed by atoms with Crippen LogP contribution in [0.15, 0.2) is 0 Å². The molecule has 1 N–H and O–H groups in total. The molecule has 2 bridgehead atoms. The molecule has 0 aromatic carbocycles. The topological polar surface area (TPSA) is 32.3 Å². The molecule has 0 aromatic heterocycles. The van der Waals surface area contributed by atoms with Crippen molar-refractivity contribution in [3.63, 3.8) is 0 Å². The zero-order valence-electron chi connectivity index (χ0n) is 9.24. The van der Waals surface area contributed by atoms with Gasteiger partial charge in [0, 0.05) is 18.5 Å². The van der Waals surface area contributed by atoms with E-state index in [4.69, 9.17) is 0 Å². The van der Waals surface area contributed by atoms with Crippen LogP contribution >= 0.6 is 0 Å². The molecule has 3 aliphatic heterocycles. The molecule has 1 atom stereocenters. The maximum Gasteiger partial charge on any atom is 0.223 e. The predicted octanol–water partition coefficient (Wildman–Crippen LogP) is 0.997. The van der Waals surface area contributed by atoms with Crippen LogP contribution < -0.4 is 5.32 Å². The Morgan fingerprint density at radius 3 is 2.33 bits per heavy atom. The fourth-order valence-corrected chi connectivity index (χ4v) is 3.10. The third-order valence-electron chi connectivity index (χ3n) is 4.46. The van der Waals surface area contributed by atoms with Crippen molar-refractivity contribution < 1.29 is 4.79 Å². The molecule has 3 heterocycles. The number of rotatable bonds is 2. The lowest BCUT2D eigenvalue weighted by molar-refractivity contribution is -0.129. The number of carbonyl (C=O) groups is 1. The van der Waals surface area contributed by atoms with Crippen LogP contribution in [0, 0.1) is 11.8 Å². The highest BCUT2D eigenvalue weighted by molar-refractivity contribution is 5.79. The smallest absolute Gasteiger partial charge is 0.223 e. The van der Waals surface area contributed by atoms with E-state index in [1.165, 1.54) is 32.4 Å². The van der Waals surface area contributed by atoms with Gasteiger partial charge in [-0.25, -0.2) is 0 Å². The molecule has 4 fully saturated rings. The first-order chi connectivity index (χ1) is 7.33. The second-order valence-electron chi connectivity index (χ2n) is 5.38. The van der Waals surface area contributed by atoms with Crippen molar-refractivity contribution in [2.45, 2.75) is 38.1 Å². The number of hydrogen-bond acceptors (Lipinski definition) is 2. The predicted molar refractivity (Wildman–Crippen MR) is 58.4 cm³/mol. The Hall–Kier alpha value is -0.570. The van der Waals surface area contributed by atoms with E-state index < -0.39 is 0 Å². The molecule has 3 nitrogen and oxygen atoms in total. The molecule has 84 valence electrons. The van der Waals surface area contributed by atoms with Gasteiger partial charge in [0.05, 0.1) is 0 Å². The Kier molecular flexibility index (Phi) is 2.43. The first kappa shape index (κ1) is 9.64. The summed E-state index contributed by atoms with van der Waals surface area (Å²) in [6.07, 6.45) is 6.06. The number of nitrogens with zero attached hydrogens (tertiary/aromatic N) is 1. The average Bonchev–Trinajstić information content (AvgIpc) is 2.16. The number of fused-ring (bicyclic) bond motifs is 3. The summed E-state index contributed by atoms with van der Waals surface area (Å²) >= 11 is 0. The van der Waals surface area contributed by atoms with E-state index >= 15 is 0 Å². The quantitative estimate of drug-likeness (QED) is 0.734. The van der Waals surface area contributed by atoms with Crippen molar-refractivity contribution in [2.75, 3.05) is 19.6 Å². The van der Waals surface area contributed by atoms with Crippen LogP contribution in [0.5, 0.6) is 0 Å². The molecule has 1 saturated carbocycles. The Balaban J connectivity index is 1.56. The zero-order chi connectivity index (χ0) is 10.3. The van der Waals surface area contributed by atoms with Gasteiger partial charge in [-0.3, -0.25) is 4.79 Å². The van der Waals surface area contributed by atoms with E-state index in [9.17, 15) is 4.79 Å². The highest BCUT2D eigenvalue weighted by Crippen LogP contribution is 2.30. The van der Waals surface area contributed by atoms with Gasteiger partial charge in [-0.2, -0.15) is 0 Å². The van der Waals surface area contributed by atoms with Crippen molar-refractivity contribution in [2.24, 2.45) is 11.8 Å². The summed E-state index contributed by atoms with van der Waals surface area (Å²) in [5, 5.41) is 3.27. The number of nitrogens with one attached hydrogen (secondary N) is 1. The number of carbonyl (C=O) groups excluding carboxylic acids is 1. The van der Waals surface area contributed by atoms with Gasteiger partial charge in [0.1, 0.15) is 0 Å². The Morgan fingerprint density at radius 1 is 1.13 bits per heavy atom. The Bertz CT molecular complexity index is 254. The van der Waals surface area contributed by atoms with Crippen molar-refractivity contribution in [1.82, 2.24) is 10.2 Å². The van der Waals surface area contributed by atoms with E-state index in [0.29, 0.717) is 17.9 Å². The summed E-state index contributed by atoms with van der Waals surface area (Å²) < 4.78 is 0. The molecule has 0 aromatic rings. The molecule has 1 amide bonds. The zero-order valence-corrected chi connectivity index (χ0v) is 9.24. The summed E-state index contributed by atoms with van der Waals surface area (Å²) in [6, 6.07) is 0.459. The highest BCUT2D eigenvalue weighted by atomic mass is 16.2. The van der Waals surface area contributed by atoms with Crippen molar-refractivity contribution >= 4 is 5.91 Å². The first-order valence-corrected chi connectivity index (χ1v) is 6.35. The minimum Gasteiger partial charge on any atom is -0.352 e. The second kappa shape index (κ2) is 3.78. The van der Waals surface area contributed by atoms with Gasteiger partial charge >= 0.3 is 0 Å². The van der Waals surface area contributed by atoms with Crippen LogP contribution in [0.4, 0.5) is 0 Å². The average molecular weight is 208 g/mol. The van der Waals surface area contributed by atoms with Crippen molar-refractivity contribution in [3.05, 3.63) is 0 Å². The number of amides is 1. The van der Waals surface area contributed by atoms with Gasteiger partial charge in [-0.15, -0.1) is 0 Å². The minimum absolute atomic E-state index is 0.333. The minimum atomic E-state index is 0.333. The molecular formula is C12H20N2O. The van der Waals surface area contributed by atoms with Crippen molar-refractivity contribution in [3.8, 4) is 0 Å². The first-order valence-electron chi connectivity index (χ1n) is 6.35. The Labute approximate surface area is 91.2 Å². The number of piperidine rings is 3. The molecule has 0 radical (unpaired) electrons. The fourth-order valence-electron chi connectivity index (χ4n) is 3.10. The second-order valence-corrected chi connectivity index (χ2v) is 5.38. The summed E-state index contributed by atoms with van der Waals surface area (Å²) in [6.45, 7) is 3.60. The normalized spacial score (nSPS) is 39.9. The van der Waals surface area contributed by atoms with E-state index in [1.807, 2.05) is 0 Å². The van der Waals surface area contributed by atoms with Crippen LogP contribution in [-0.4, -0.2) is 36.5 Å². The highest BCUT2D eigenvalue weighted by Gasteiger charge is 2.36. The van der Waals surface area contributed by atoms with Gasteiger partial charge in [-0.05, 0) is 44.7 Å². The molecule has 4 rings (SSSR count). The largest absolute Gasteiger partial charge is 0.352 e. The van der Waals surface area contributed by atoms with Gasteiger partial charge < -0.3 is 10.2 Å². The summed E-state index contributed by atoms with van der Waals surface area (Å²) in [7, 11) is 0. The third kappa shape index (κ3) is 1.78. The van der Waals surface area contributed by atoms with E-state index in [2.05, 4.69) is 10.2 Å². The molecule has 1 aliphatic carbocycles. The summed E-state index contributed by atoms with van der Waals surface area (Å²) in [4.78, 5) is 14.3. The van der Waals surface area contributed by atoms with Gasteiger partial charge in [0.25, 0.3) is 0 Å². The van der Waals surface area contributed by atoms with Gasteiger partial charge in [0.15, 0.2) is 0 Å². The van der Waals surface area contributed by atoms with Crippen LogP contribution in [0.1, 0.15) is 32.1 Å². The Morgan fingerprint density at radius 2 is 1.87 bits per heavy atom. The van der Waals surface area contributed by atoms with Gasteiger partial charge in [-0.1, -0.05) is 6.42 Å². The van der Waals surface area contributed by atoms with Crippen LogP contribution in [0.3, 0.4) is 0 Å². The molecule has 1 unspecified atom stereocenters.